The van der Waals surface area contributed by atoms with Crippen molar-refractivity contribution in [3.8, 4) is 5.75 Å². The van der Waals surface area contributed by atoms with Gasteiger partial charge in [0.25, 0.3) is 5.91 Å². The Balaban J connectivity index is 1.78. The van der Waals surface area contributed by atoms with Gasteiger partial charge in [-0.15, -0.1) is 0 Å². The Morgan fingerprint density at radius 3 is 2.59 bits per heavy atom. The minimum absolute atomic E-state index is 0.265. The van der Waals surface area contributed by atoms with Crippen molar-refractivity contribution in [1.82, 2.24) is 4.57 Å². The predicted octanol–water partition coefficient (Wildman–Crippen LogP) is 3.97. The van der Waals surface area contributed by atoms with E-state index in [4.69, 9.17) is 9.15 Å². The molecule has 1 N–H and O–H groups in total. The fourth-order valence-corrected chi connectivity index (χ4v) is 2.91. The van der Waals surface area contributed by atoms with Crippen molar-refractivity contribution in [2.75, 3.05) is 5.32 Å². The maximum atomic E-state index is 12.6. The summed E-state index contributed by atoms with van der Waals surface area (Å²) >= 11 is 0. The molecule has 3 aromatic rings. The first-order valence-electron chi connectivity index (χ1n) is 8.94. The van der Waals surface area contributed by atoms with E-state index in [1.165, 1.54) is 4.57 Å². The van der Waals surface area contributed by atoms with Crippen LogP contribution >= 0.6 is 0 Å². The number of amides is 1. The first kappa shape index (κ1) is 18.8. The minimum atomic E-state index is -0.673. The van der Waals surface area contributed by atoms with Gasteiger partial charge in [0, 0.05) is 12.7 Å². The van der Waals surface area contributed by atoms with Crippen molar-refractivity contribution in [3.63, 3.8) is 0 Å². The fraction of sp³-hybridized carbons (Fsp3) is 0.333. The Kier molecular flexibility index (Phi) is 5.08. The summed E-state index contributed by atoms with van der Waals surface area (Å²) in [4.78, 5) is 24.2. The highest BCUT2D eigenvalue weighted by Gasteiger charge is 2.18. The van der Waals surface area contributed by atoms with Gasteiger partial charge < -0.3 is 14.5 Å². The normalized spacial score (nSPS) is 12.4. The molecule has 0 saturated carbocycles. The van der Waals surface area contributed by atoms with Gasteiger partial charge in [-0.1, -0.05) is 26.0 Å². The molecule has 6 nitrogen and oxygen atoms in total. The lowest BCUT2D eigenvalue weighted by atomic mass is 10.0. The summed E-state index contributed by atoms with van der Waals surface area (Å²) in [6.45, 7) is 7.89. The molecule has 3 rings (SSSR count). The van der Waals surface area contributed by atoms with Gasteiger partial charge in [-0.05, 0) is 55.2 Å². The van der Waals surface area contributed by atoms with Crippen LogP contribution in [0.5, 0.6) is 5.75 Å². The lowest BCUT2D eigenvalue weighted by molar-refractivity contribution is -0.122. The third-order valence-electron chi connectivity index (χ3n) is 4.52. The molecule has 1 atom stereocenters. The molecule has 27 heavy (non-hydrogen) atoms. The number of nitrogens with zero attached hydrogens (tertiary/aromatic N) is 1. The molecular weight excluding hydrogens is 344 g/mol. The number of aryl methyl sites for hydroxylation is 2. The van der Waals surface area contributed by atoms with E-state index in [0.29, 0.717) is 22.7 Å². The van der Waals surface area contributed by atoms with Crippen LogP contribution in [0.15, 0.2) is 45.6 Å². The molecule has 0 fully saturated rings. The van der Waals surface area contributed by atoms with Gasteiger partial charge in [-0.3, -0.25) is 9.36 Å². The number of rotatable bonds is 5. The summed E-state index contributed by atoms with van der Waals surface area (Å²) in [5.41, 5.74) is 3.81. The van der Waals surface area contributed by atoms with E-state index in [1.54, 1.807) is 32.2 Å². The maximum absolute atomic E-state index is 12.6. The van der Waals surface area contributed by atoms with Crippen LogP contribution < -0.4 is 15.8 Å². The number of hydrogen-bond donors (Lipinski definition) is 1. The van der Waals surface area contributed by atoms with Gasteiger partial charge >= 0.3 is 5.76 Å². The Morgan fingerprint density at radius 1 is 1.15 bits per heavy atom. The summed E-state index contributed by atoms with van der Waals surface area (Å²) in [6.07, 6.45) is -0.673. The highest BCUT2D eigenvalue weighted by Crippen LogP contribution is 2.28. The number of oxazole rings is 1. The van der Waals surface area contributed by atoms with Gasteiger partial charge in [-0.25, -0.2) is 4.79 Å². The monoisotopic (exact) mass is 368 g/mol. The molecule has 0 spiro atoms. The number of aromatic nitrogens is 1. The van der Waals surface area contributed by atoms with E-state index in [9.17, 15) is 9.59 Å². The number of benzene rings is 2. The zero-order valence-corrected chi connectivity index (χ0v) is 16.2. The molecule has 1 amide bonds. The predicted molar refractivity (Wildman–Crippen MR) is 105 cm³/mol. The van der Waals surface area contributed by atoms with Crippen molar-refractivity contribution in [1.29, 1.82) is 0 Å². The quantitative estimate of drug-likeness (QED) is 0.739. The number of anilines is 1. The zero-order chi connectivity index (χ0) is 19.7. The second kappa shape index (κ2) is 7.31. The Labute approximate surface area is 157 Å². The minimum Gasteiger partial charge on any atom is -0.481 e. The summed E-state index contributed by atoms with van der Waals surface area (Å²) in [5.74, 6) is 0.311. The van der Waals surface area contributed by atoms with Crippen LogP contribution in [0.3, 0.4) is 0 Å². The highest BCUT2D eigenvalue weighted by atomic mass is 16.5. The van der Waals surface area contributed by atoms with Crippen LogP contribution in [0.4, 0.5) is 5.69 Å². The second-order valence-corrected chi connectivity index (χ2v) is 7.05. The van der Waals surface area contributed by atoms with Crippen molar-refractivity contribution >= 4 is 22.7 Å². The van der Waals surface area contributed by atoms with Crippen LogP contribution in [0.25, 0.3) is 11.1 Å². The molecule has 1 aromatic heterocycles. The number of hydrogen-bond acceptors (Lipinski definition) is 4. The molecule has 0 unspecified atom stereocenters. The van der Waals surface area contributed by atoms with Gasteiger partial charge in [0.1, 0.15) is 5.75 Å². The first-order chi connectivity index (χ1) is 12.8. The van der Waals surface area contributed by atoms with E-state index in [2.05, 4.69) is 19.2 Å². The molecule has 0 aliphatic heterocycles. The number of carbonyl (C=O) groups is 1. The summed E-state index contributed by atoms with van der Waals surface area (Å²) < 4.78 is 12.4. The molecule has 0 bridgehead atoms. The molecule has 6 heteroatoms. The van der Waals surface area contributed by atoms with Crippen LogP contribution in [0.2, 0.25) is 0 Å². The fourth-order valence-electron chi connectivity index (χ4n) is 2.91. The molecule has 2 aromatic carbocycles. The zero-order valence-electron chi connectivity index (χ0n) is 16.2. The maximum Gasteiger partial charge on any atom is 0.419 e. The molecule has 0 saturated heterocycles. The van der Waals surface area contributed by atoms with E-state index in [1.807, 2.05) is 25.1 Å². The number of fused-ring (bicyclic) bond motifs is 1. The van der Waals surface area contributed by atoms with Gasteiger partial charge in [0.2, 0.25) is 0 Å². The van der Waals surface area contributed by atoms with Crippen molar-refractivity contribution in [2.24, 2.45) is 7.05 Å². The molecular formula is C21H24N2O4. The molecule has 142 valence electrons. The Morgan fingerprint density at radius 2 is 1.89 bits per heavy atom. The smallest absolute Gasteiger partial charge is 0.419 e. The average molecular weight is 368 g/mol. The lowest BCUT2D eigenvalue weighted by Gasteiger charge is -2.19. The molecule has 0 radical (unpaired) electrons. The van der Waals surface area contributed by atoms with Crippen LogP contribution in [0.1, 0.15) is 37.8 Å². The standard InChI is InChI=1S/C21H24N2O4/c1-12(2)16-8-6-13(3)10-19(16)26-14(4)20(24)22-15-7-9-18-17(11-15)23(5)21(25)27-18/h6-12,14H,1-5H3,(H,22,24)/t14-/m1/s1. The molecule has 0 aliphatic carbocycles. The van der Waals surface area contributed by atoms with Gasteiger partial charge in [0.15, 0.2) is 11.7 Å². The second-order valence-electron chi connectivity index (χ2n) is 7.05. The number of carbonyl (C=O) groups excluding carboxylic acids is 1. The topological polar surface area (TPSA) is 73.5 Å². The number of ether oxygens (including phenoxy) is 1. The first-order valence-corrected chi connectivity index (χ1v) is 8.94. The van der Waals surface area contributed by atoms with E-state index < -0.39 is 11.9 Å². The van der Waals surface area contributed by atoms with Crippen molar-refractivity contribution in [2.45, 2.75) is 39.7 Å². The summed E-state index contributed by atoms with van der Waals surface area (Å²) in [5, 5.41) is 2.83. The Hall–Kier alpha value is -3.02. The van der Waals surface area contributed by atoms with E-state index >= 15 is 0 Å². The lowest BCUT2D eigenvalue weighted by Crippen LogP contribution is -2.30. The van der Waals surface area contributed by atoms with E-state index in [-0.39, 0.29) is 5.91 Å². The van der Waals surface area contributed by atoms with Crippen LogP contribution in [-0.4, -0.2) is 16.6 Å². The third kappa shape index (κ3) is 3.89. The highest BCUT2D eigenvalue weighted by molar-refractivity contribution is 5.95. The number of nitrogens with one attached hydrogen (secondary N) is 1. The largest absolute Gasteiger partial charge is 0.481 e. The average Bonchev–Trinajstić information content (AvgIpc) is 2.89. The van der Waals surface area contributed by atoms with Crippen molar-refractivity contribution in [3.05, 3.63) is 58.1 Å². The van der Waals surface area contributed by atoms with Crippen LogP contribution in [0, 0.1) is 6.92 Å². The van der Waals surface area contributed by atoms with E-state index in [0.717, 1.165) is 16.9 Å². The van der Waals surface area contributed by atoms with Crippen LogP contribution in [-0.2, 0) is 11.8 Å². The van der Waals surface area contributed by atoms with Crippen molar-refractivity contribution < 1.29 is 13.9 Å². The molecule has 1 heterocycles. The summed E-state index contributed by atoms with van der Waals surface area (Å²) in [7, 11) is 1.62. The Bertz CT molecular complexity index is 1050. The third-order valence-corrected chi connectivity index (χ3v) is 4.52. The van der Waals surface area contributed by atoms with Gasteiger partial charge in [0.05, 0.1) is 5.52 Å². The molecule has 0 aliphatic rings. The van der Waals surface area contributed by atoms with Gasteiger partial charge in [-0.2, -0.15) is 0 Å². The SMILES string of the molecule is Cc1ccc(C(C)C)c(O[C@H](C)C(=O)Nc2ccc3oc(=O)n(C)c3c2)c1. The summed E-state index contributed by atoms with van der Waals surface area (Å²) in [6, 6.07) is 11.1.